The van der Waals surface area contributed by atoms with Crippen LogP contribution in [0.3, 0.4) is 0 Å². The maximum Gasteiger partial charge on any atom is 0.343 e. The molecule has 0 aromatic heterocycles. The summed E-state index contributed by atoms with van der Waals surface area (Å²) in [6, 6.07) is 8.48. The monoisotopic (exact) mass is 302 g/mol. The fraction of sp³-hybridized carbons (Fsp3) is 0.500. The molecule has 5 heteroatoms. The van der Waals surface area contributed by atoms with E-state index in [0.29, 0.717) is 12.8 Å². The Morgan fingerprint density at radius 3 is 1.74 bits per heavy atom. The zero-order chi connectivity index (χ0) is 14.1. The van der Waals surface area contributed by atoms with E-state index in [4.69, 9.17) is 28.3 Å². The summed E-state index contributed by atoms with van der Waals surface area (Å²) in [6.45, 7) is 0. The quantitative estimate of drug-likeness (QED) is 0.833. The molecule has 0 aromatic rings. The van der Waals surface area contributed by atoms with Crippen LogP contribution in [0.15, 0.2) is 24.3 Å². The van der Waals surface area contributed by atoms with Crippen molar-refractivity contribution in [3.8, 4) is 11.1 Å². The minimum atomic E-state index is -2.08. The molecule has 0 spiro atoms. The third-order valence-electron chi connectivity index (χ3n) is 3.75. The molecule has 3 aliphatic rings. The van der Waals surface area contributed by atoms with E-state index >= 15 is 0 Å². The van der Waals surface area contributed by atoms with Crippen molar-refractivity contribution < 1.29 is 15.0 Å². The zero-order valence-electron chi connectivity index (χ0n) is 10.4. The summed E-state index contributed by atoms with van der Waals surface area (Å²) in [5.41, 5.74) is 1.38. The second-order valence-corrected chi connectivity index (χ2v) is 6.38. The largest absolute Gasteiger partial charge is 0.479 e. The van der Waals surface area contributed by atoms with Crippen molar-refractivity contribution in [2.75, 3.05) is 0 Å². The van der Waals surface area contributed by atoms with Crippen LogP contribution in [0.4, 0.5) is 0 Å². The first kappa shape index (κ1) is 14.6. The molecule has 1 saturated carbocycles. The first-order chi connectivity index (χ1) is 8.87. The lowest BCUT2D eigenvalue weighted by Crippen LogP contribution is -2.52. The second-order valence-electron chi connectivity index (χ2n) is 5.05. The molecule has 3 aliphatic carbocycles. The van der Waals surface area contributed by atoms with Gasteiger partial charge in [-0.2, -0.15) is 0 Å². The van der Waals surface area contributed by atoms with Crippen molar-refractivity contribution >= 4 is 29.2 Å². The van der Waals surface area contributed by atoms with Gasteiger partial charge in [-0.05, 0) is 24.0 Å². The van der Waals surface area contributed by atoms with E-state index in [1.54, 1.807) is 0 Å². The number of benzene rings is 1. The Morgan fingerprint density at radius 1 is 1.05 bits per heavy atom. The zero-order valence-corrected chi connectivity index (χ0v) is 11.9. The molecule has 0 saturated heterocycles. The van der Waals surface area contributed by atoms with Gasteiger partial charge in [-0.25, -0.2) is 4.79 Å². The molecule has 0 unspecified atom stereocenters. The van der Waals surface area contributed by atoms with Crippen LogP contribution < -0.4 is 0 Å². The lowest BCUT2D eigenvalue weighted by atomic mass is 9.82. The number of hydrogen-bond acceptors (Lipinski definition) is 2. The van der Waals surface area contributed by atoms with Gasteiger partial charge in [0.15, 0.2) is 0 Å². The SMILES string of the molecule is O=C(O)C(Cl)(Cl)C1(O)CCCCC1.c1cc2ccc1-2. The van der Waals surface area contributed by atoms with Gasteiger partial charge in [0.2, 0.25) is 4.33 Å². The van der Waals surface area contributed by atoms with Gasteiger partial charge >= 0.3 is 5.97 Å². The average Bonchev–Trinajstić information content (AvgIpc) is 2.35. The summed E-state index contributed by atoms with van der Waals surface area (Å²) in [5.74, 6) is -1.37. The number of aliphatic carboxylic acids is 1. The van der Waals surface area contributed by atoms with Crippen LogP contribution in [0, 0.1) is 0 Å². The molecular weight excluding hydrogens is 287 g/mol. The molecular formula is C14H16Cl2O3. The van der Waals surface area contributed by atoms with Crippen molar-refractivity contribution in [3.05, 3.63) is 24.3 Å². The number of rotatable bonds is 2. The summed E-state index contributed by atoms with van der Waals surface area (Å²) < 4.78 is -2.08. The summed E-state index contributed by atoms with van der Waals surface area (Å²) in [7, 11) is 0. The highest BCUT2D eigenvalue weighted by Gasteiger charge is 2.54. The number of carboxylic acid groups (broad SMARTS) is 1. The Morgan fingerprint density at radius 2 is 1.47 bits per heavy atom. The predicted molar refractivity (Wildman–Crippen MR) is 75.5 cm³/mol. The minimum Gasteiger partial charge on any atom is -0.479 e. The standard InChI is InChI=1S/C8H12Cl2O3.C6H4/c9-8(10,6(11)12)7(13)4-2-1-3-5-7;1-2-6-4-3-5(1)6/h13H,1-5H2,(H,11,12);1-4H. The maximum atomic E-state index is 10.7. The number of aliphatic hydroxyl groups is 1. The normalized spacial score (nSPS) is 19.1. The van der Waals surface area contributed by atoms with E-state index in [2.05, 4.69) is 24.3 Å². The van der Waals surface area contributed by atoms with Crippen molar-refractivity contribution in [1.82, 2.24) is 0 Å². The summed E-state index contributed by atoms with van der Waals surface area (Å²) in [4.78, 5) is 10.7. The Labute approximate surface area is 122 Å². The van der Waals surface area contributed by atoms with Crippen molar-refractivity contribution in [1.29, 1.82) is 0 Å². The minimum absolute atomic E-state index is 0.353. The average molecular weight is 303 g/mol. The van der Waals surface area contributed by atoms with Crippen LogP contribution in [0.25, 0.3) is 11.1 Å². The predicted octanol–water partition coefficient (Wildman–Crippen LogP) is 3.61. The van der Waals surface area contributed by atoms with E-state index in [-0.39, 0.29) is 0 Å². The summed E-state index contributed by atoms with van der Waals surface area (Å²) >= 11 is 11.2. The Kier molecular flexibility index (Phi) is 4.09. The molecule has 19 heavy (non-hydrogen) atoms. The smallest absolute Gasteiger partial charge is 0.343 e. The van der Waals surface area contributed by atoms with Crippen LogP contribution in [-0.4, -0.2) is 26.1 Å². The Hall–Kier alpha value is -0.770. The molecule has 0 radical (unpaired) electrons. The van der Waals surface area contributed by atoms with Gasteiger partial charge in [-0.15, -0.1) is 0 Å². The fourth-order valence-electron chi connectivity index (χ4n) is 2.31. The highest BCUT2D eigenvalue weighted by Crippen LogP contribution is 2.43. The van der Waals surface area contributed by atoms with Gasteiger partial charge in [-0.3, -0.25) is 0 Å². The Bertz CT molecular complexity index is 441. The highest BCUT2D eigenvalue weighted by atomic mass is 35.5. The van der Waals surface area contributed by atoms with Crippen LogP contribution in [0.2, 0.25) is 0 Å². The lowest BCUT2D eigenvalue weighted by molar-refractivity contribution is -0.145. The van der Waals surface area contributed by atoms with Crippen molar-refractivity contribution in [2.24, 2.45) is 0 Å². The lowest BCUT2D eigenvalue weighted by Gasteiger charge is -2.38. The molecule has 0 amide bonds. The number of carbonyl (C=O) groups is 1. The molecule has 0 aliphatic heterocycles. The number of fused-ring (bicyclic) bond motifs is 1. The third kappa shape index (κ3) is 2.73. The second kappa shape index (κ2) is 5.31. The van der Waals surface area contributed by atoms with Gasteiger partial charge in [-0.1, -0.05) is 66.7 Å². The van der Waals surface area contributed by atoms with Crippen LogP contribution in [-0.2, 0) is 4.79 Å². The van der Waals surface area contributed by atoms with Gasteiger partial charge in [0.25, 0.3) is 0 Å². The molecule has 0 atom stereocenters. The van der Waals surface area contributed by atoms with Crippen LogP contribution >= 0.6 is 23.2 Å². The number of halogens is 2. The number of hydrogen-bond donors (Lipinski definition) is 2. The topological polar surface area (TPSA) is 57.5 Å². The fourth-order valence-corrected chi connectivity index (χ4v) is 2.69. The van der Waals surface area contributed by atoms with Gasteiger partial charge in [0, 0.05) is 0 Å². The first-order valence-corrected chi connectivity index (χ1v) is 7.06. The summed E-state index contributed by atoms with van der Waals surface area (Å²) in [6.07, 6.45) is 3.24. The van der Waals surface area contributed by atoms with E-state index < -0.39 is 15.9 Å². The van der Waals surface area contributed by atoms with Gasteiger partial charge in [0.1, 0.15) is 5.60 Å². The van der Waals surface area contributed by atoms with Crippen LogP contribution in [0.5, 0.6) is 0 Å². The van der Waals surface area contributed by atoms with Gasteiger partial charge in [0.05, 0.1) is 0 Å². The van der Waals surface area contributed by atoms with E-state index in [1.165, 1.54) is 11.1 Å². The van der Waals surface area contributed by atoms with Crippen LogP contribution in [0.1, 0.15) is 32.1 Å². The van der Waals surface area contributed by atoms with Crippen molar-refractivity contribution in [2.45, 2.75) is 42.0 Å². The molecule has 3 nitrogen and oxygen atoms in total. The number of carboxylic acids is 1. The van der Waals surface area contributed by atoms with E-state index in [1.807, 2.05) is 0 Å². The maximum absolute atomic E-state index is 10.7. The number of alkyl halides is 2. The first-order valence-electron chi connectivity index (χ1n) is 6.31. The Balaban J connectivity index is 0.000000180. The third-order valence-corrected chi connectivity index (χ3v) is 4.78. The molecule has 0 bridgehead atoms. The van der Waals surface area contributed by atoms with Crippen molar-refractivity contribution in [3.63, 3.8) is 0 Å². The molecule has 0 heterocycles. The van der Waals surface area contributed by atoms with E-state index in [0.717, 1.165) is 19.3 Å². The molecule has 2 N–H and O–H groups in total. The molecule has 0 aromatic carbocycles. The molecule has 3 rings (SSSR count). The molecule has 1 fully saturated rings. The highest BCUT2D eigenvalue weighted by molar-refractivity contribution is 6.58. The van der Waals surface area contributed by atoms with Gasteiger partial charge < -0.3 is 10.2 Å². The summed E-state index contributed by atoms with van der Waals surface area (Å²) in [5, 5.41) is 18.7. The molecule has 104 valence electrons. The van der Waals surface area contributed by atoms with E-state index in [9.17, 15) is 9.90 Å².